The van der Waals surface area contributed by atoms with Crippen LogP contribution in [0.4, 0.5) is 0 Å². The highest BCUT2D eigenvalue weighted by Gasteiger charge is 2.35. The molecule has 0 spiro atoms. The number of carbonyl (C=O) groups excluding carboxylic acids is 1. The second-order valence-electron chi connectivity index (χ2n) is 7.02. The molecule has 0 aliphatic carbocycles. The summed E-state index contributed by atoms with van der Waals surface area (Å²) in [4.78, 5) is 12.6. The molecule has 6 nitrogen and oxygen atoms in total. The molecule has 2 heterocycles. The Balaban J connectivity index is 0.00000338. The van der Waals surface area contributed by atoms with Gasteiger partial charge >= 0.3 is 0 Å². The van der Waals surface area contributed by atoms with Gasteiger partial charge in [0.15, 0.2) is 0 Å². The van der Waals surface area contributed by atoms with Crippen LogP contribution >= 0.6 is 23.7 Å². The van der Waals surface area contributed by atoms with Gasteiger partial charge in [0.25, 0.3) is 10.0 Å². The minimum absolute atomic E-state index is 0. The molecule has 0 saturated carbocycles. The van der Waals surface area contributed by atoms with Gasteiger partial charge in [0, 0.05) is 43.0 Å². The zero-order valence-corrected chi connectivity index (χ0v) is 18.3. The van der Waals surface area contributed by atoms with E-state index in [1.54, 1.807) is 10.4 Å². The van der Waals surface area contributed by atoms with Crippen molar-refractivity contribution in [3.63, 3.8) is 0 Å². The third kappa shape index (κ3) is 5.92. The van der Waals surface area contributed by atoms with Gasteiger partial charge in [0.05, 0.1) is 0 Å². The normalized spacial score (nSPS) is 21.4. The molecule has 2 unspecified atom stereocenters. The molecule has 9 heteroatoms. The maximum Gasteiger partial charge on any atom is 0.252 e. The van der Waals surface area contributed by atoms with E-state index in [2.05, 4.69) is 10.6 Å². The summed E-state index contributed by atoms with van der Waals surface area (Å²) in [6.45, 7) is 9.66. The summed E-state index contributed by atoms with van der Waals surface area (Å²) >= 11 is 1.30. The number of amides is 1. The largest absolute Gasteiger partial charge is 0.356 e. The minimum atomic E-state index is -3.46. The molecule has 1 fully saturated rings. The molecule has 0 radical (unpaired) electrons. The van der Waals surface area contributed by atoms with Crippen molar-refractivity contribution in [2.24, 2.45) is 5.92 Å². The van der Waals surface area contributed by atoms with Crippen molar-refractivity contribution in [3.05, 3.63) is 17.0 Å². The van der Waals surface area contributed by atoms with E-state index < -0.39 is 10.0 Å². The number of rotatable bonds is 7. The summed E-state index contributed by atoms with van der Waals surface area (Å²) in [6, 6.07) is 3.60. The molecule has 1 aliphatic heterocycles. The fourth-order valence-corrected chi connectivity index (χ4v) is 6.07. The van der Waals surface area contributed by atoms with Crippen molar-refractivity contribution in [3.8, 4) is 0 Å². The van der Waals surface area contributed by atoms with Crippen molar-refractivity contribution in [1.29, 1.82) is 0 Å². The van der Waals surface area contributed by atoms with Crippen LogP contribution in [0.3, 0.4) is 0 Å². The molecule has 1 aromatic heterocycles. The maximum atomic E-state index is 12.9. The molecule has 1 saturated heterocycles. The van der Waals surface area contributed by atoms with E-state index in [-0.39, 0.29) is 30.4 Å². The van der Waals surface area contributed by atoms with Crippen LogP contribution in [0.25, 0.3) is 0 Å². The summed E-state index contributed by atoms with van der Waals surface area (Å²) in [5.74, 6) is 0.380. The van der Waals surface area contributed by atoms with Crippen molar-refractivity contribution in [2.45, 2.75) is 56.8 Å². The molecule has 1 aromatic rings. The lowest BCUT2D eigenvalue weighted by atomic mass is 10.1. The number of piperazine rings is 1. The molecule has 0 aromatic carbocycles. The average Bonchev–Trinajstić information content (AvgIpc) is 2.98. The number of nitrogens with one attached hydrogen (secondary N) is 2. The highest BCUT2D eigenvalue weighted by molar-refractivity contribution is 7.91. The number of hydrogen-bond acceptors (Lipinski definition) is 5. The predicted octanol–water partition coefficient (Wildman–Crippen LogP) is 2.25. The quantitative estimate of drug-likeness (QED) is 0.704. The molecule has 1 amide bonds. The Morgan fingerprint density at radius 3 is 2.73 bits per heavy atom. The molecular weight excluding hydrogens is 394 g/mol. The van der Waals surface area contributed by atoms with E-state index >= 15 is 0 Å². The number of sulfonamides is 1. The van der Waals surface area contributed by atoms with E-state index in [1.807, 2.05) is 33.8 Å². The van der Waals surface area contributed by atoms with Crippen LogP contribution in [0, 0.1) is 5.92 Å². The fraction of sp³-hybridized carbons (Fsp3) is 0.706. The summed E-state index contributed by atoms with van der Waals surface area (Å²) in [5, 5.41) is 6.19. The van der Waals surface area contributed by atoms with E-state index in [1.165, 1.54) is 11.3 Å². The van der Waals surface area contributed by atoms with Crippen LogP contribution in [-0.2, 0) is 21.2 Å². The lowest BCUT2D eigenvalue weighted by Crippen LogP contribution is -2.56. The molecule has 0 bridgehead atoms. The van der Waals surface area contributed by atoms with Gasteiger partial charge in [-0.3, -0.25) is 4.79 Å². The van der Waals surface area contributed by atoms with Gasteiger partial charge in [-0.25, -0.2) is 8.42 Å². The lowest BCUT2D eigenvalue weighted by Gasteiger charge is -2.37. The first-order valence-electron chi connectivity index (χ1n) is 8.82. The van der Waals surface area contributed by atoms with Crippen molar-refractivity contribution in [1.82, 2.24) is 14.9 Å². The van der Waals surface area contributed by atoms with E-state index in [0.29, 0.717) is 42.6 Å². The van der Waals surface area contributed by atoms with Crippen LogP contribution in [0.15, 0.2) is 16.3 Å². The van der Waals surface area contributed by atoms with E-state index in [9.17, 15) is 13.2 Å². The third-order valence-corrected chi connectivity index (χ3v) is 8.06. The molecule has 2 atom stereocenters. The Morgan fingerprint density at radius 2 is 2.08 bits per heavy atom. The first-order valence-corrected chi connectivity index (χ1v) is 11.1. The van der Waals surface area contributed by atoms with Gasteiger partial charge in [-0.15, -0.1) is 23.7 Å². The number of nitrogens with zero attached hydrogens (tertiary/aromatic N) is 1. The molecule has 2 rings (SSSR count). The van der Waals surface area contributed by atoms with Gasteiger partial charge in [-0.05, 0) is 38.3 Å². The van der Waals surface area contributed by atoms with Gasteiger partial charge in [-0.2, -0.15) is 4.31 Å². The standard InChI is InChI=1S/C17H29N3O3S2.ClH/c1-12(2)11-16(21)19-8-7-15-5-6-17(24-15)25(22,23)20-10-9-18-13(3)14(20)4;/h5-6,12-14,18H,7-11H2,1-4H3,(H,19,21);1H. The first-order chi connectivity index (χ1) is 11.7. The maximum absolute atomic E-state index is 12.9. The highest BCUT2D eigenvalue weighted by Crippen LogP contribution is 2.27. The number of halogens is 1. The van der Waals surface area contributed by atoms with E-state index in [0.717, 1.165) is 4.88 Å². The van der Waals surface area contributed by atoms with Gasteiger partial charge < -0.3 is 10.6 Å². The smallest absolute Gasteiger partial charge is 0.252 e. The van der Waals surface area contributed by atoms with Crippen LogP contribution < -0.4 is 10.6 Å². The van der Waals surface area contributed by atoms with Crippen LogP contribution in [0.1, 0.15) is 39.0 Å². The fourth-order valence-electron chi connectivity index (χ4n) is 2.88. The lowest BCUT2D eigenvalue weighted by molar-refractivity contribution is -0.121. The zero-order valence-electron chi connectivity index (χ0n) is 15.8. The molecule has 1 aliphatic rings. The molecule has 2 N–H and O–H groups in total. The molecule has 26 heavy (non-hydrogen) atoms. The Kier molecular flexibility index (Phi) is 9.02. The molecular formula is C17H30ClN3O3S2. The zero-order chi connectivity index (χ0) is 18.6. The summed E-state index contributed by atoms with van der Waals surface area (Å²) in [6.07, 6.45) is 1.17. The van der Waals surface area contributed by atoms with Crippen molar-refractivity contribution in [2.75, 3.05) is 19.6 Å². The third-order valence-electron chi connectivity index (χ3n) is 4.46. The van der Waals surface area contributed by atoms with Crippen LogP contribution in [0.5, 0.6) is 0 Å². The van der Waals surface area contributed by atoms with Gasteiger partial charge in [-0.1, -0.05) is 13.8 Å². The Morgan fingerprint density at radius 1 is 1.38 bits per heavy atom. The number of carbonyl (C=O) groups is 1. The van der Waals surface area contributed by atoms with E-state index in [4.69, 9.17) is 0 Å². The SMILES string of the molecule is CC(C)CC(=O)NCCc1ccc(S(=O)(=O)N2CCNC(C)C2C)s1.Cl. The Bertz CT molecular complexity index is 691. The van der Waals surface area contributed by atoms with Crippen LogP contribution in [0.2, 0.25) is 0 Å². The summed E-state index contributed by atoms with van der Waals surface area (Å²) in [5.41, 5.74) is 0. The molecule has 150 valence electrons. The average molecular weight is 424 g/mol. The summed E-state index contributed by atoms with van der Waals surface area (Å²) in [7, 11) is -3.46. The van der Waals surface area contributed by atoms with Crippen molar-refractivity contribution >= 4 is 39.7 Å². The minimum Gasteiger partial charge on any atom is -0.356 e. The topological polar surface area (TPSA) is 78.5 Å². The first kappa shape index (κ1) is 23.4. The summed E-state index contributed by atoms with van der Waals surface area (Å²) < 4.78 is 27.8. The monoisotopic (exact) mass is 423 g/mol. The Hall–Kier alpha value is -0.670. The number of thiophene rings is 1. The van der Waals surface area contributed by atoms with Gasteiger partial charge in [0.2, 0.25) is 5.91 Å². The highest BCUT2D eigenvalue weighted by atomic mass is 35.5. The number of hydrogen-bond donors (Lipinski definition) is 2. The van der Waals surface area contributed by atoms with Crippen molar-refractivity contribution < 1.29 is 13.2 Å². The van der Waals surface area contributed by atoms with Gasteiger partial charge in [0.1, 0.15) is 4.21 Å². The predicted molar refractivity (Wildman–Crippen MR) is 109 cm³/mol. The second-order valence-corrected chi connectivity index (χ2v) is 10.3. The Labute approximate surface area is 167 Å². The van der Waals surface area contributed by atoms with Crippen LogP contribution in [-0.4, -0.2) is 50.3 Å². The second kappa shape index (κ2) is 10.0.